The molecule has 1 saturated heterocycles. The molecule has 6 nitrogen and oxygen atoms in total. The van der Waals surface area contributed by atoms with Crippen molar-refractivity contribution in [1.29, 1.82) is 0 Å². The van der Waals surface area contributed by atoms with E-state index in [0.717, 1.165) is 53.8 Å². The number of piperidine rings is 1. The number of ether oxygens (including phenoxy) is 1. The lowest BCUT2D eigenvalue weighted by atomic mass is 9.94. The van der Waals surface area contributed by atoms with E-state index in [9.17, 15) is 4.79 Å². The number of nitrogens with zero attached hydrogens (tertiary/aromatic N) is 3. The van der Waals surface area contributed by atoms with Crippen LogP contribution in [-0.2, 0) is 6.54 Å². The van der Waals surface area contributed by atoms with Crippen LogP contribution < -0.4 is 10.3 Å². The van der Waals surface area contributed by atoms with Crippen LogP contribution in [0.15, 0.2) is 47.7 Å². The number of hydrogen-bond donors (Lipinski definition) is 1. The van der Waals surface area contributed by atoms with Gasteiger partial charge in [-0.05, 0) is 56.6 Å². The van der Waals surface area contributed by atoms with E-state index < -0.39 is 0 Å². The molecule has 3 aromatic rings. The Balaban J connectivity index is 1.55. The number of aromatic amines is 1. The average Bonchev–Trinajstić information content (AvgIpc) is 2.70. The van der Waals surface area contributed by atoms with Crippen LogP contribution in [0.1, 0.15) is 36.9 Å². The lowest BCUT2D eigenvalue weighted by Crippen LogP contribution is -2.35. The maximum atomic E-state index is 12.5. The Kier molecular flexibility index (Phi) is 5.16. The van der Waals surface area contributed by atoms with Gasteiger partial charge in [-0.15, -0.1) is 0 Å². The third-order valence-electron chi connectivity index (χ3n) is 5.13. The molecule has 0 radical (unpaired) electrons. The molecule has 1 aliphatic heterocycles. The topological polar surface area (TPSA) is 71.1 Å². The summed E-state index contributed by atoms with van der Waals surface area (Å²) in [6.45, 7) is 5.14. The number of rotatable bonds is 5. The lowest BCUT2D eigenvalue weighted by Gasteiger charge is -2.32. The number of H-pyrrole nitrogens is 1. The number of hydrogen-bond acceptors (Lipinski definition) is 5. The number of nitrogens with one attached hydrogen (secondary N) is 1. The van der Waals surface area contributed by atoms with Gasteiger partial charge >= 0.3 is 0 Å². The third kappa shape index (κ3) is 4.01. The number of benzene rings is 1. The molecule has 27 heavy (non-hydrogen) atoms. The maximum Gasteiger partial charge on any atom is 0.252 e. The summed E-state index contributed by atoms with van der Waals surface area (Å²) in [5, 5.41) is 1.000. The van der Waals surface area contributed by atoms with E-state index in [1.807, 2.05) is 37.3 Å². The molecule has 0 aliphatic carbocycles. The van der Waals surface area contributed by atoms with Gasteiger partial charge in [-0.1, -0.05) is 0 Å². The first kappa shape index (κ1) is 17.7. The zero-order chi connectivity index (χ0) is 18.6. The molecular weight excluding hydrogens is 340 g/mol. The second-order valence-electron chi connectivity index (χ2n) is 7.01. The van der Waals surface area contributed by atoms with Gasteiger partial charge in [0.1, 0.15) is 12.1 Å². The van der Waals surface area contributed by atoms with Crippen molar-refractivity contribution >= 4 is 10.9 Å². The quantitative estimate of drug-likeness (QED) is 0.753. The third-order valence-corrected chi connectivity index (χ3v) is 5.13. The van der Waals surface area contributed by atoms with Gasteiger partial charge in [0.05, 0.1) is 6.61 Å². The normalized spacial score (nSPS) is 17.9. The van der Waals surface area contributed by atoms with E-state index in [4.69, 9.17) is 4.74 Å². The van der Waals surface area contributed by atoms with E-state index in [-0.39, 0.29) is 5.56 Å². The average molecular weight is 364 g/mol. The second-order valence-corrected chi connectivity index (χ2v) is 7.01. The van der Waals surface area contributed by atoms with Crippen molar-refractivity contribution in [3.8, 4) is 5.75 Å². The van der Waals surface area contributed by atoms with Crippen LogP contribution in [0.3, 0.4) is 0 Å². The van der Waals surface area contributed by atoms with E-state index in [1.54, 1.807) is 12.5 Å². The fraction of sp³-hybridized carbons (Fsp3) is 0.381. The van der Waals surface area contributed by atoms with Crippen LogP contribution in [0.2, 0.25) is 0 Å². The highest BCUT2D eigenvalue weighted by Gasteiger charge is 2.23. The molecule has 0 spiro atoms. The number of aromatic nitrogens is 3. The monoisotopic (exact) mass is 364 g/mol. The minimum atomic E-state index is -0.0178. The predicted octanol–water partition coefficient (Wildman–Crippen LogP) is 3.10. The Hall–Kier alpha value is -2.73. The summed E-state index contributed by atoms with van der Waals surface area (Å²) in [5.41, 5.74) is 2.70. The van der Waals surface area contributed by atoms with Crippen LogP contribution in [0.5, 0.6) is 5.75 Å². The molecule has 4 rings (SSSR count). The molecular formula is C21H24N4O2. The Labute approximate surface area is 158 Å². The summed E-state index contributed by atoms with van der Waals surface area (Å²) in [6.07, 6.45) is 5.64. The summed E-state index contributed by atoms with van der Waals surface area (Å²) >= 11 is 0. The predicted molar refractivity (Wildman–Crippen MR) is 105 cm³/mol. The fourth-order valence-corrected chi connectivity index (χ4v) is 3.83. The van der Waals surface area contributed by atoms with Crippen molar-refractivity contribution in [2.24, 2.45) is 0 Å². The smallest absolute Gasteiger partial charge is 0.252 e. The van der Waals surface area contributed by atoms with Crippen LogP contribution in [0.25, 0.3) is 10.9 Å². The number of likely N-dealkylation sites (tertiary alicyclic amines) is 1. The summed E-state index contributed by atoms with van der Waals surface area (Å²) in [6, 6.07) is 9.76. The van der Waals surface area contributed by atoms with Crippen molar-refractivity contribution in [2.75, 3.05) is 19.7 Å². The summed E-state index contributed by atoms with van der Waals surface area (Å²) in [5.74, 6) is 1.22. The van der Waals surface area contributed by atoms with Gasteiger partial charge in [-0.25, -0.2) is 9.97 Å². The number of pyridine rings is 1. The SMILES string of the molecule is CCOc1ccc2[nH]c(=O)c(CN3CCCC(c4ccncn4)C3)cc2c1. The minimum absolute atomic E-state index is 0.0178. The van der Waals surface area contributed by atoms with Gasteiger partial charge in [-0.2, -0.15) is 0 Å². The molecule has 1 aromatic carbocycles. The fourth-order valence-electron chi connectivity index (χ4n) is 3.83. The molecule has 140 valence electrons. The van der Waals surface area contributed by atoms with Crippen molar-refractivity contribution < 1.29 is 4.74 Å². The standard InChI is InChI=1S/C21H24N4O2/c1-2-27-18-5-6-20-16(11-18)10-17(21(26)24-20)13-25-9-3-4-15(12-25)19-7-8-22-14-23-19/h5-8,10-11,14-15H,2-4,9,12-13H2,1H3,(H,24,26). The summed E-state index contributed by atoms with van der Waals surface area (Å²) in [4.78, 5) is 26.3. The van der Waals surface area contributed by atoms with Gasteiger partial charge < -0.3 is 9.72 Å². The van der Waals surface area contributed by atoms with E-state index >= 15 is 0 Å². The van der Waals surface area contributed by atoms with E-state index in [2.05, 4.69) is 19.9 Å². The molecule has 6 heteroatoms. The maximum absolute atomic E-state index is 12.5. The molecule has 0 bridgehead atoms. The first-order valence-electron chi connectivity index (χ1n) is 9.50. The highest BCUT2D eigenvalue weighted by molar-refractivity contribution is 5.80. The lowest BCUT2D eigenvalue weighted by molar-refractivity contribution is 0.198. The molecule has 0 amide bonds. The van der Waals surface area contributed by atoms with E-state index in [0.29, 0.717) is 19.1 Å². The van der Waals surface area contributed by atoms with Crippen LogP contribution in [0.4, 0.5) is 0 Å². The Morgan fingerprint density at radius 2 is 2.22 bits per heavy atom. The zero-order valence-electron chi connectivity index (χ0n) is 15.5. The van der Waals surface area contributed by atoms with Gasteiger partial charge in [0.25, 0.3) is 5.56 Å². The number of fused-ring (bicyclic) bond motifs is 1. The Bertz CT molecular complexity index is 971. The Morgan fingerprint density at radius 3 is 3.04 bits per heavy atom. The van der Waals surface area contributed by atoms with Gasteiger partial charge in [-0.3, -0.25) is 9.69 Å². The van der Waals surface area contributed by atoms with E-state index in [1.165, 1.54) is 0 Å². The molecule has 0 saturated carbocycles. The van der Waals surface area contributed by atoms with Crippen molar-refractivity contribution in [1.82, 2.24) is 19.9 Å². The minimum Gasteiger partial charge on any atom is -0.494 e. The van der Waals surface area contributed by atoms with Gasteiger partial charge in [0, 0.05) is 47.4 Å². The van der Waals surface area contributed by atoms with Crippen molar-refractivity contribution in [2.45, 2.75) is 32.2 Å². The largest absolute Gasteiger partial charge is 0.494 e. The Morgan fingerprint density at radius 1 is 1.30 bits per heavy atom. The van der Waals surface area contributed by atoms with Crippen molar-refractivity contribution in [3.05, 3.63) is 64.5 Å². The molecule has 3 heterocycles. The highest BCUT2D eigenvalue weighted by Crippen LogP contribution is 2.26. The van der Waals surface area contributed by atoms with Crippen LogP contribution in [-0.4, -0.2) is 39.5 Å². The summed E-state index contributed by atoms with van der Waals surface area (Å²) < 4.78 is 5.58. The molecule has 1 atom stereocenters. The zero-order valence-corrected chi connectivity index (χ0v) is 15.5. The van der Waals surface area contributed by atoms with Gasteiger partial charge in [0.2, 0.25) is 0 Å². The van der Waals surface area contributed by atoms with Crippen LogP contribution in [0, 0.1) is 0 Å². The molecule has 1 N–H and O–H groups in total. The second kappa shape index (κ2) is 7.88. The summed E-state index contributed by atoms with van der Waals surface area (Å²) in [7, 11) is 0. The van der Waals surface area contributed by atoms with Crippen molar-refractivity contribution in [3.63, 3.8) is 0 Å². The molecule has 2 aromatic heterocycles. The van der Waals surface area contributed by atoms with Gasteiger partial charge in [0.15, 0.2) is 0 Å². The first-order chi connectivity index (χ1) is 13.2. The molecule has 1 unspecified atom stereocenters. The molecule has 1 aliphatic rings. The first-order valence-corrected chi connectivity index (χ1v) is 9.50. The molecule has 1 fully saturated rings. The highest BCUT2D eigenvalue weighted by atomic mass is 16.5. The van der Waals surface area contributed by atoms with Crippen LogP contribution >= 0.6 is 0 Å².